The van der Waals surface area contributed by atoms with Crippen molar-refractivity contribution >= 4 is 5.91 Å². The predicted octanol–water partition coefficient (Wildman–Crippen LogP) is 3.79. The van der Waals surface area contributed by atoms with Crippen LogP contribution >= 0.6 is 0 Å². The Kier molecular flexibility index (Phi) is 5.14. The molecule has 1 saturated heterocycles. The number of ether oxygens (including phenoxy) is 1. The third-order valence-corrected chi connectivity index (χ3v) is 4.57. The van der Waals surface area contributed by atoms with Gasteiger partial charge in [-0.1, -0.05) is 23.4 Å². The largest absolute Gasteiger partial charge is 0.494 e. The minimum atomic E-state index is 0.259. The number of aromatic nitrogens is 2. The van der Waals surface area contributed by atoms with Crippen molar-refractivity contribution in [3.05, 3.63) is 54.6 Å². The quantitative estimate of drug-likeness (QED) is 0.597. The van der Waals surface area contributed by atoms with Gasteiger partial charge in [-0.3, -0.25) is 4.79 Å². The molecule has 0 spiro atoms. The molecular formula is C21H21N3O3. The lowest BCUT2D eigenvalue weighted by Crippen LogP contribution is -2.26. The molecule has 27 heavy (non-hydrogen) atoms. The minimum Gasteiger partial charge on any atom is -0.494 e. The molecular weight excluding hydrogens is 342 g/mol. The van der Waals surface area contributed by atoms with Crippen LogP contribution < -0.4 is 4.74 Å². The second kappa shape index (κ2) is 8.03. The Bertz CT molecular complexity index is 891. The molecule has 6 nitrogen and oxygen atoms in total. The molecule has 1 aliphatic rings. The number of amides is 1. The van der Waals surface area contributed by atoms with Crippen molar-refractivity contribution in [2.45, 2.75) is 19.3 Å². The van der Waals surface area contributed by atoms with Gasteiger partial charge < -0.3 is 14.2 Å². The predicted molar refractivity (Wildman–Crippen MR) is 101 cm³/mol. The Morgan fingerprint density at radius 2 is 1.85 bits per heavy atom. The van der Waals surface area contributed by atoms with Gasteiger partial charge >= 0.3 is 0 Å². The zero-order chi connectivity index (χ0) is 18.5. The lowest BCUT2D eigenvalue weighted by molar-refractivity contribution is -0.127. The van der Waals surface area contributed by atoms with E-state index in [9.17, 15) is 4.79 Å². The van der Waals surface area contributed by atoms with Gasteiger partial charge in [-0.2, -0.15) is 4.98 Å². The summed E-state index contributed by atoms with van der Waals surface area (Å²) in [6, 6.07) is 17.3. The SMILES string of the molecule is O=C1CCCN1CCCOc1ccc(-c2noc(-c3ccccc3)n2)cc1. The lowest BCUT2D eigenvalue weighted by Gasteiger charge is -2.15. The van der Waals surface area contributed by atoms with E-state index in [0.717, 1.165) is 42.8 Å². The van der Waals surface area contributed by atoms with Gasteiger partial charge in [-0.15, -0.1) is 0 Å². The molecule has 0 aliphatic carbocycles. The number of carbonyl (C=O) groups excluding carboxylic acids is 1. The van der Waals surface area contributed by atoms with Crippen molar-refractivity contribution in [3.8, 4) is 28.6 Å². The van der Waals surface area contributed by atoms with Gasteiger partial charge in [0.1, 0.15) is 5.75 Å². The molecule has 0 unspecified atom stereocenters. The summed E-state index contributed by atoms with van der Waals surface area (Å²) in [5.41, 5.74) is 1.77. The molecule has 1 fully saturated rings. The fourth-order valence-corrected chi connectivity index (χ4v) is 3.12. The molecule has 1 aromatic heterocycles. The zero-order valence-electron chi connectivity index (χ0n) is 15.0. The summed E-state index contributed by atoms with van der Waals surface area (Å²) in [5.74, 6) is 2.10. The van der Waals surface area contributed by atoms with Crippen LogP contribution in [0.25, 0.3) is 22.8 Å². The number of carbonyl (C=O) groups is 1. The molecule has 1 aliphatic heterocycles. The van der Waals surface area contributed by atoms with Crippen LogP contribution in [0.4, 0.5) is 0 Å². The Hall–Kier alpha value is -3.15. The summed E-state index contributed by atoms with van der Waals surface area (Å²) >= 11 is 0. The average Bonchev–Trinajstić information content (AvgIpc) is 3.36. The standard InChI is InChI=1S/C21H21N3O3/c25-19-8-4-13-24(19)14-5-15-26-18-11-9-16(10-12-18)20-22-21(27-23-20)17-6-2-1-3-7-17/h1-3,6-7,9-12H,4-5,8,13-15H2. The van der Waals surface area contributed by atoms with E-state index in [1.807, 2.05) is 59.5 Å². The fraction of sp³-hybridized carbons (Fsp3) is 0.286. The number of hydrogen-bond acceptors (Lipinski definition) is 5. The maximum Gasteiger partial charge on any atom is 0.258 e. The number of benzene rings is 2. The molecule has 0 bridgehead atoms. The Morgan fingerprint density at radius 1 is 1.04 bits per heavy atom. The van der Waals surface area contributed by atoms with Gasteiger partial charge in [-0.25, -0.2) is 0 Å². The summed E-state index contributed by atoms with van der Waals surface area (Å²) in [6.45, 7) is 2.23. The van der Waals surface area contributed by atoms with Gasteiger partial charge in [0.05, 0.1) is 6.61 Å². The molecule has 0 N–H and O–H groups in total. The zero-order valence-corrected chi connectivity index (χ0v) is 15.0. The van der Waals surface area contributed by atoms with E-state index < -0.39 is 0 Å². The van der Waals surface area contributed by atoms with Gasteiger partial charge in [-0.05, 0) is 49.2 Å². The first kappa shape index (κ1) is 17.3. The molecule has 138 valence electrons. The van der Waals surface area contributed by atoms with Gasteiger partial charge in [0.15, 0.2) is 0 Å². The number of likely N-dealkylation sites (tertiary alicyclic amines) is 1. The Morgan fingerprint density at radius 3 is 2.59 bits per heavy atom. The average molecular weight is 363 g/mol. The molecule has 1 amide bonds. The highest BCUT2D eigenvalue weighted by Gasteiger charge is 2.19. The van der Waals surface area contributed by atoms with Crippen molar-refractivity contribution in [3.63, 3.8) is 0 Å². The normalized spacial score (nSPS) is 13.9. The first-order valence-corrected chi connectivity index (χ1v) is 9.20. The lowest BCUT2D eigenvalue weighted by atomic mass is 10.2. The van der Waals surface area contributed by atoms with Crippen LogP contribution in [-0.4, -0.2) is 40.6 Å². The van der Waals surface area contributed by atoms with Crippen LogP contribution in [0.3, 0.4) is 0 Å². The van der Waals surface area contributed by atoms with Crippen LogP contribution in [-0.2, 0) is 4.79 Å². The van der Waals surface area contributed by atoms with E-state index in [1.54, 1.807) is 0 Å². The van der Waals surface area contributed by atoms with E-state index >= 15 is 0 Å². The Labute approximate surface area is 157 Å². The van der Waals surface area contributed by atoms with E-state index in [4.69, 9.17) is 9.26 Å². The van der Waals surface area contributed by atoms with E-state index in [2.05, 4.69) is 10.1 Å². The minimum absolute atomic E-state index is 0.259. The fourth-order valence-electron chi connectivity index (χ4n) is 3.12. The third-order valence-electron chi connectivity index (χ3n) is 4.57. The highest BCUT2D eigenvalue weighted by molar-refractivity contribution is 5.78. The van der Waals surface area contributed by atoms with Crippen molar-refractivity contribution < 1.29 is 14.1 Å². The molecule has 2 aromatic carbocycles. The van der Waals surface area contributed by atoms with Crippen molar-refractivity contribution in [2.75, 3.05) is 19.7 Å². The number of hydrogen-bond donors (Lipinski definition) is 0. The summed E-state index contributed by atoms with van der Waals surface area (Å²) < 4.78 is 11.1. The van der Waals surface area contributed by atoms with E-state index in [-0.39, 0.29) is 5.91 Å². The second-order valence-corrected chi connectivity index (χ2v) is 6.50. The van der Waals surface area contributed by atoms with Gasteiger partial charge in [0.2, 0.25) is 11.7 Å². The van der Waals surface area contributed by atoms with E-state index in [0.29, 0.717) is 24.7 Å². The molecule has 0 radical (unpaired) electrons. The van der Waals surface area contributed by atoms with E-state index in [1.165, 1.54) is 0 Å². The van der Waals surface area contributed by atoms with Crippen LogP contribution in [0.1, 0.15) is 19.3 Å². The Balaban J connectivity index is 1.31. The number of rotatable bonds is 7. The summed E-state index contributed by atoms with van der Waals surface area (Å²) in [6.07, 6.45) is 2.49. The summed E-state index contributed by atoms with van der Waals surface area (Å²) in [4.78, 5) is 17.9. The monoisotopic (exact) mass is 363 g/mol. The van der Waals surface area contributed by atoms with Crippen molar-refractivity contribution in [1.82, 2.24) is 15.0 Å². The highest BCUT2D eigenvalue weighted by Crippen LogP contribution is 2.23. The molecule has 0 atom stereocenters. The molecule has 3 aromatic rings. The molecule has 4 rings (SSSR count). The summed E-state index contributed by atoms with van der Waals surface area (Å²) in [7, 11) is 0. The van der Waals surface area contributed by atoms with Gasteiger partial charge in [0.25, 0.3) is 5.89 Å². The van der Waals surface area contributed by atoms with Crippen LogP contribution in [0.2, 0.25) is 0 Å². The first-order valence-electron chi connectivity index (χ1n) is 9.20. The number of nitrogens with zero attached hydrogens (tertiary/aromatic N) is 3. The topological polar surface area (TPSA) is 68.5 Å². The molecule has 2 heterocycles. The van der Waals surface area contributed by atoms with Crippen LogP contribution in [0, 0.1) is 0 Å². The van der Waals surface area contributed by atoms with Crippen LogP contribution in [0.15, 0.2) is 59.1 Å². The van der Waals surface area contributed by atoms with Gasteiger partial charge in [0, 0.05) is 30.6 Å². The van der Waals surface area contributed by atoms with Crippen molar-refractivity contribution in [2.24, 2.45) is 0 Å². The molecule has 0 saturated carbocycles. The highest BCUT2D eigenvalue weighted by atomic mass is 16.5. The maximum absolute atomic E-state index is 11.6. The maximum atomic E-state index is 11.6. The second-order valence-electron chi connectivity index (χ2n) is 6.50. The van der Waals surface area contributed by atoms with Crippen molar-refractivity contribution in [1.29, 1.82) is 0 Å². The molecule has 6 heteroatoms. The smallest absolute Gasteiger partial charge is 0.258 e. The first-order chi connectivity index (χ1) is 13.3. The third kappa shape index (κ3) is 4.16. The van der Waals surface area contributed by atoms with Crippen LogP contribution in [0.5, 0.6) is 5.75 Å². The summed E-state index contributed by atoms with van der Waals surface area (Å²) in [5, 5.41) is 4.05.